The molecule has 2 unspecified atom stereocenters. The van der Waals surface area contributed by atoms with Crippen molar-refractivity contribution in [3.63, 3.8) is 0 Å². The standard InChI is InChI=1S/C22H25F3N2O2/c1-13(2)19(27-20(28)18-11-6-5-8-14(18)3)21(29)26-15(4)16-9-7-10-17(12-16)22(23,24)25/h5-13,15,19H,1-4H3,(H,26,29)(H,27,28). The highest BCUT2D eigenvalue weighted by atomic mass is 19.4. The maximum absolute atomic E-state index is 12.9. The quantitative estimate of drug-likeness (QED) is 0.734. The molecule has 2 atom stereocenters. The van der Waals surface area contributed by atoms with Gasteiger partial charge in [0.2, 0.25) is 5.91 Å². The van der Waals surface area contributed by atoms with Gasteiger partial charge in [-0.3, -0.25) is 9.59 Å². The largest absolute Gasteiger partial charge is 0.416 e. The third-order valence-electron chi connectivity index (χ3n) is 4.70. The van der Waals surface area contributed by atoms with Crippen molar-refractivity contribution in [2.75, 3.05) is 0 Å². The van der Waals surface area contributed by atoms with Crippen LogP contribution in [0.5, 0.6) is 0 Å². The third-order valence-corrected chi connectivity index (χ3v) is 4.70. The molecule has 0 radical (unpaired) electrons. The number of benzene rings is 2. The van der Waals surface area contributed by atoms with Gasteiger partial charge in [-0.1, -0.05) is 44.2 Å². The molecule has 2 amide bonds. The Morgan fingerprint density at radius 2 is 1.59 bits per heavy atom. The van der Waals surface area contributed by atoms with Gasteiger partial charge in [-0.2, -0.15) is 13.2 Å². The summed E-state index contributed by atoms with van der Waals surface area (Å²) in [5, 5.41) is 5.44. The van der Waals surface area contributed by atoms with Gasteiger partial charge < -0.3 is 10.6 Å². The van der Waals surface area contributed by atoms with Gasteiger partial charge in [0.25, 0.3) is 5.91 Å². The average Bonchev–Trinajstić information content (AvgIpc) is 2.65. The van der Waals surface area contributed by atoms with Crippen molar-refractivity contribution < 1.29 is 22.8 Å². The van der Waals surface area contributed by atoms with Gasteiger partial charge in [0, 0.05) is 5.56 Å². The zero-order chi connectivity index (χ0) is 21.8. The summed E-state index contributed by atoms with van der Waals surface area (Å²) in [6, 6.07) is 10.4. The zero-order valence-corrected chi connectivity index (χ0v) is 16.8. The predicted octanol–water partition coefficient (Wildman–Crippen LogP) is 4.65. The summed E-state index contributed by atoms with van der Waals surface area (Å²) in [7, 11) is 0. The first kappa shape index (κ1) is 22.5. The minimum absolute atomic E-state index is 0.211. The van der Waals surface area contributed by atoms with Crippen molar-refractivity contribution in [3.8, 4) is 0 Å². The van der Waals surface area contributed by atoms with E-state index >= 15 is 0 Å². The second kappa shape index (κ2) is 9.11. The zero-order valence-electron chi connectivity index (χ0n) is 16.8. The third kappa shape index (κ3) is 5.82. The van der Waals surface area contributed by atoms with Gasteiger partial charge in [-0.15, -0.1) is 0 Å². The highest BCUT2D eigenvalue weighted by Crippen LogP contribution is 2.30. The minimum atomic E-state index is -4.46. The van der Waals surface area contributed by atoms with E-state index in [0.717, 1.165) is 17.7 Å². The number of hydrogen-bond acceptors (Lipinski definition) is 2. The maximum Gasteiger partial charge on any atom is 0.416 e. The Hall–Kier alpha value is -2.83. The average molecular weight is 406 g/mol. The Morgan fingerprint density at radius 3 is 2.17 bits per heavy atom. The van der Waals surface area contributed by atoms with Gasteiger partial charge in [0.15, 0.2) is 0 Å². The topological polar surface area (TPSA) is 58.2 Å². The monoisotopic (exact) mass is 406 g/mol. The Labute approximate surface area is 168 Å². The molecule has 0 fully saturated rings. The van der Waals surface area contributed by atoms with Crippen LogP contribution in [0.3, 0.4) is 0 Å². The molecule has 2 N–H and O–H groups in total. The fourth-order valence-corrected chi connectivity index (χ4v) is 2.95. The van der Waals surface area contributed by atoms with Crippen LogP contribution in [0.2, 0.25) is 0 Å². The van der Waals surface area contributed by atoms with Crippen molar-refractivity contribution in [1.29, 1.82) is 0 Å². The molecule has 0 aliphatic heterocycles. The number of halogens is 3. The van der Waals surface area contributed by atoms with Crippen LogP contribution < -0.4 is 10.6 Å². The first-order chi connectivity index (χ1) is 13.5. The van der Waals surface area contributed by atoms with Crippen molar-refractivity contribution in [1.82, 2.24) is 10.6 Å². The van der Waals surface area contributed by atoms with Crippen molar-refractivity contribution in [2.24, 2.45) is 5.92 Å². The second-order valence-corrected chi connectivity index (χ2v) is 7.36. The lowest BCUT2D eigenvalue weighted by Gasteiger charge is -2.25. The molecule has 29 heavy (non-hydrogen) atoms. The number of nitrogens with one attached hydrogen (secondary N) is 2. The number of amides is 2. The molecule has 0 aliphatic carbocycles. The van der Waals surface area contributed by atoms with E-state index in [9.17, 15) is 22.8 Å². The van der Waals surface area contributed by atoms with Crippen molar-refractivity contribution >= 4 is 11.8 Å². The van der Waals surface area contributed by atoms with Gasteiger partial charge in [0.1, 0.15) is 6.04 Å². The second-order valence-electron chi connectivity index (χ2n) is 7.36. The predicted molar refractivity (Wildman–Crippen MR) is 105 cm³/mol. The molecule has 0 saturated carbocycles. The molecule has 7 heteroatoms. The van der Waals surface area contributed by atoms with Gasteiger partial charge in [0.05, 0.1) is 11.6 Å². The molecular weight excluding hydrogens is 381 g/mol. The molecule has 2 rings (SSSR count). The molecule has 0 spiro atoms. The molecule has 0 aromatic heterocycles. The van der Waals surface area contributed by atoms with E-state index in [2.05, 4.69) is 10.6 Å². The molecular formula is C22H25F3N2O2. The molecule has 2 aromatic rings. The normalized spacial score (nSPS) is 13.7. The summed E-state index contributed by atoms with van der Waals surface area (Å²) in [4.78, 5) is 25.3. The first-order valence-corrected chi connectivity index (χ1v) is 9.34. The number of hydrogen-bond donors (Lipinski definition) is 2. The summed E-state index contributed by atoms with van der Waals surface area (Å²) >= 11 is 0. The minimum Gasteiger partial charge on any atom is -0.348 e. The number of carbonyl (C=O) groups is 2. The Balaban J connectivity index is 2.13. The lowest BCUT2D eigenvalue weighted by atomic mass is 10.00. The molecule has 0 aliphatic rings. The smallest absolute Gasteiger partial charge is 0.348 e. The summed E-state index contributed by atoms with van der Waals surface area (Å²) < 4.78 is 38.8. The molecule has 156 valence electrons. The SMILES string of the molecule is Cc1ccccc1C(=O)NC(C(=O)NC(C)c1cccc(C(F)(F)F)c1)C(C)C. The summed E-state index contributed by atoms with van der Waals surface area (Å²) in [6.45, 7) is 6.98. The van der Waals surface area contributed by atoms with E-state index in [-0.39, 0.29) is 11.8 Å². The number of rotatable bonds is 6. The van der Waals surface area contributed by atoms with Gasteiger partial charge >= 0.3 is 6.18 Å². The molecule has 2 aromatic carbocycles. The lowest BCUT2D eigenvalue weighted by Crippen LogP contribution is -2.50. The van der Waals surface area contributed by atoms with E-state index in [1.165, 1.54) is 12.1 Å². The van der Waals surface area contributed by atoms with Crippen LogP contribution in [0, 0.1) is 12.8 Å². The molecule has 0 heterocycles. The summed E-state index contributed by atoms with van der Waals surface area (Å²) in [6.07, 6.45) is -4.46. The van der Waals surface area contributed by atoms with E-state index in [0.29, 0.717) is 11.1 Å². The molecule has 0 saturated heterocycles. The van der Waals surface area contributed by atoms with Crippen LogP contribution in [-0.4, -0.2) is 17.9 Å². The maximum atomic E-state index is 12.9. The van der Waals surface area contributed by atoms with Crippen LogP contribution in [0.4, 0.5) is 13.2 Å². The van der Waals surface area contributed by atoms with Gasteiger partial charge in [-0.25, -0.2) is 0 Å². The van der Waals surface area contributed by atoms with Crippen LogP contribution >= 0.6 is 0 Å². The number of aryl methyl sites for hydroxylation is 1. The highest BCUT2D eigenvalue weighted by Gasteiger charge is 2.31. The summed E-state index contributed by atoms with van der Waals surface area (Å²) in [5.41, 5.74) is 0.812. The Kier molecular flexibility index (Phi) is 7.06. The van der Waals surface area contributed by atoms with Gasteiger partial charge in [-0.05, 0) is 49.1 Å². The van der Waals surface area contributed by atoms with E-state index in [1.54, 1.807) is 45.9 Å². The summed E-state index contributed by atoms with van der Waals surface area (Å²) in [5.74, 6) is -1.04. The fraction of sp³-hybridized carbons (Fsp3) is 0.364. The van der Waals surface area contributed by atoms with E-state index < -0.39 is 29.7 Å². The van der Waals surface area contributed by atoms with Crippen molar-refractivity contribution in [3.05, 3.63) is 70.8 Å². The number of alkyl halides is 3. The van der Waals surface area contributed by atoms with E-state index in [4.69, 9.17) is 0 Å². The van der Waals surface area contributed by atoms with Crippen LogP contribution in [-0.2, 0) is 11.0 Å². The number of carbonyl (C=O) groups excluding carboxylic acids is 2. The Bertz CT molecular complexity index is 878. The van der Waals surface area contributed by atoms with Crippen LogP contribution in [0.15, 0.2) is 48.5 Å². The lowest BCUT2D eigenvalue weighted by molar-refractivity contribution is -0.137. The van der Waals surface area contributed by atoms with Crippen LogP contribution in [0.1, 0.15) is 53.9 Å². The fourth-order valence-electron chi connectivity index (χ4n) is 2.95. The van der Waals surface area contributed by atoms with E-state index in [1.807, 2.05) is 6.07 Å². The van der Waals surface area contributed by atoms with Crippen molar-refractivity contribution in [2.45, 2.75) is 46.0 Å². The highest BCUT2D eigenvalue weighted by molar-refractivity contribution is 5.98. The Morgan fingerprint density at radius 1 is 0.931 bits per heavy atom. The molecule has 0 bridgehead atoms. The first-order valence-electron chi connectivity index (χ1n) is 9.34. The van der Waals surface area contributed by atoms with Crippen LogP contribution in [0.25, 0.3) is 0 Å². The molecule has 4 nitrogen and oxygen atoms in total.